The maximum Gasteiger partial charge on any atom is 0.416 e. The summed E-state index contributed by atoms with van der Waals surface area (Å²) in [4.78, 5) is 12.2. The molecule has 7 heteroatoms. The Morgan fingerprint density at radius 2 is 1.64 bits per heavy atom. The van der Waals surface area contributed by atoms with Crippen molar-refractivity contribution in [3.63, 3.8) is 0 Å². The lowest BCUT2D eigenvalue weighted by atomic mass is 9.98. The first-order valence-corrected chi connectivity index (χ1v) is 10.8. The van der Waals surface area contributed by atoms with Crippen LogP contribution in [0.1, 0.15) is 34.6 Å². The molecule has 0 heterocycles. The van der Waals surface area contributed by atoms with E-state index in [4.69, 9.17) is 16.3 Å². The Hall–Kier alpha value is -3.25. The van der Waals surface area contributed by atoms with Gasteiger partial charge in [0.1, 0.15) is 6.61 Å². The van der Waals surface area contributed by atoms with Gasteiger partial charge in [0.05, 0.1) is 5.56 Å². The molecule has 0 spiro atoms. The van der Waals surface area contributed by atoms with Crippen LogP contribution in [-0.4, -0.2) is 19.2 Å². The number of benzene rings is 3. The highest BCUT2D eigenvalue weighted by Crippen LogP contribution is 2.44. The van der Waals surface area contributed by atoms with Crippen molar-refractivity contribution in [1.29, 1.82) is 0 Å². The zero-order chi connectivity index (χ0) is 23.4. The summed E-state index contributed by atoms with van der Waals surface area (Å²) < 4.78 is 44.0. The number of carbonyl (C=O) groups excluding carboxylic acids is 1. The lowest BCUT2D eigenvalue weighted by molar-refractivity contribution is -0.137. The van der Waals surface area contributed by atoms with Crippen LogP contribution in [0.15, 0.2) is 72.8 Å². The predicted octanol–water partition coefficient (Wildman–Crippen LogP) is 7.30. The van der Waals surface area contributed by atoms with Crippen LogP contribution in [0.3, 0.4) is 0 Å². The smallest absolute Gasteiger partial charge is 0.416 e. The summed E-state index contributed by atoms with van der Waals surface area (Å²) in [5.74, 6) is -0.0221. The number of hydrogen-bond acceptors (Lipinski definition) is 2. The van der Waals surface area contributed by atoms with E-state index in [9.17, 15) is 18.0 Å². The van der Waals surface area contributed by atoms with E-state index in [-0.39, 0.29) is 29.7 Å². The lowest BCUT2D eigenvalue weighted by Gasteiger charge is -2.14. The molecule has 0 aromatic heterocycles. The molecule has 0 atom stereocenters. The molecule has 1 aliphatic rings. The van der Waals surface area contributed by atoms with Crippen LogP contribution in [0.2, 0.25) is 5.02 Å². The Morgan fingerprint density at radius 3 is 2.27 bits per heavy atom. The topological polar surface area (TPSA) is 38.3 Å². The van der Waals surface area contributed by atoms with Gasteiger partial charge in [0.25, 0.3) is 0 Å². The maximum absolute atomic E-state index is 12.9. The van der Waals surface area contributed by atoms with Crippen LogP contribution < -0.4 is 5.32 Å². The third kappa shape index (κ3) is 5.22. The molecule has 3 nitrogen and oxygen atoms in total. The minimum Gasteiger partial charge on any atom is -0.449 e. The normalized spacial score (nSPS) is 13.1. The van der Waals surface area contributed by atoms with Crippen molar-refractivity contribution in [3.8, 4) is 11.1 Å². The molecule has 1 N–H and O–H groups in total. The average molecular weight is 472 g/mol. The first kappa shape index (κ1) is 22.9. The molecule has 4 rings (SSSR count). The van der Waals surface area contributed by atoms with Crippen LogP contribution in [0.25, 0.3) is 17.2 Å². The predicted molar refractivity (Wildman–Crippen MR) is 123 cm³/mol. The van der Waals surface area contributed by atoms with E-state index in [0.717, 1.165) is 34.4 Å². The zero-order valence-electron chi connectivity index (χ0n) is 17.5. The van der Waals surface area contributed by atoms with Crippen molar-refractivity contribution in [2.75, 3.05) is 13.2 Å². The number of halogens is 4. The maximum atomic E-state index is 12.9. The van der Waals surface area contributed by atoms with Crippen LogP contribution >= 0.6 is 11.6 Å². The molecular formula is C26H21ClF3NO2. The van der Waals surface area contributed by atoms with Gasteiger partial charge >= 0.3 is 12.3 Å². The van der Waals surface area contributed by atoms with E-state index in [2.05, 4.69) is 17.4 Å². The summed E-state index contributed by atoms with van der Waals surface area (Å²) in [6.45, 7) is 0.499. The monoisotopic (exact) mass is 471 g/mol. The number of alkyl carbamates (subject to hydrolysis) is 1. The molecule has 1 aliphatic carbocycles. The molecule has 33 heavy (non-hydrogen) atoms. The highest BCUT2D eigenvalue weighted by molar-refractivity contribution is 6.32. The second-order valence-corrected chi connectivity index (χ2v) is 8.08. The highest BCUT2D eigenvalue weighted by Gasteiger charge is 2.31. The SMILES string of the molecule is O=C(NCCC=Cc1cc(C(F)(F)F)ccc1Cl)OCC1c2ccccc2-c2ccccc21. The standard InChI is InChI=1S/C26H21ClF3NO2/c27-24-13-12-18(26(28,29)30)15-17(24)7-5-6-14-31-25(32)33-16-23-21-10-3-1-8-19(21)20-9-2-4-11-22(20)23/h1-5,7-13,15,23H,6,14,16H2,(H,31,32). The second-order valence-electron chi connectivity index (χ2n) is 7.68. The van der Waals surface area contributed by atoms with Crippen molar-refractivity contribution in [3.05, 3.63) is 100 Å². The van der Waals surface area contributed by atoms with Gasteiger partial charge in [0.15, 0.2) is 0 Å². The molecule has 170 valence electrons. The van der Waals surface area contributed by atoms with Gasteiger partial charge in [-0.15, -0.1) is 0 Å². The van der Waals surface area contributed by atoms with Crippen molar-refractivity contribution >= 4 is 23.8 Å². The molecule has 0 aliphatic heterocycles. The number of ether oxygens (including phenoxy) is 1. The van der Waals surface area contributed by atoms with Gasteiger partial charge in [-0.2, -0.15) is 13.2 Å². The van der Waals surface area contributed by atoms with E-state index >= 15 is 0 Å². The Bertz CT molecular complexity index is 1140. The fourth-order valence-electron chi connectivity index (χ4n) is 3.97. The van der Waals surface area contributed by atoms with Gasteiger partial charge < -0.3 is 10.1 Å². The molecule has 0 fully saturated rings. The van der Waals surface area contributed by atoms with Crippen molar-refractivity contribution in [2.24, 2.45) is 0 Å². The zero-order valence-corrected chi connectivity index (χ0v) is 18.3. The fourth-order valence-corrected chi connectivity index (χ4v) is 4.15. The summed E-state index contributed by atoms with van der Waals surface area (Å²) in [6.07, 6.45) is -1.39. The summed E-state index contributed by atoms with van der Waals surface area (Å²) in [5.41, 5.74) is 4.08. The van der Waals surface area contributed by atoms with E-state index in [1.807, 2.05) is 36.4 Å². The van der Waals surface area contributed by atoms with Crippen LogP contribution in [0, 0.1) is 0 Å². The summed E-state index contributed by atoms with van der Waals surface area (Å²) in [7, 11) is 0. The first-order chi connectivity index (χ1) is 15.8. The van der Waals surface area contributed by atoms with E-state index in [0.29, 0.717) is 6.42 Å². The van der Waals surface area contributed by atoms with E-state index in [1.54, 1.807) is 6.08 Å². The second kappa shape index (κ2) is 9.71. The Labute approximate surface area is 194 Å². The third-order valence-corrected chi connectivity index (χ3v) is 5.89. The average Bonchev–Trinajstić information content (AvgIpc) is 3.11. The summed E-state index contributed by atoms with van der Waals surface area (Å²) >= 11 is 5.98. The third-order valence-electron chi connectivity index (χ3n) is 5.54. The Balaban J connectivity index is 1.28. The first-order valence-electron chi connectivity index (χ1n) is 10.5. The molecule has 3 aromatic rings. The molecule has 0 bridgehead atoms. The highest BCUT2D eigenvalue weighted by atomic mass is 35.5. The molecule has 0 radical (unpaired) electrons. The van der Waals surface area contributed by atoms with Gasteiger partial charge in [-0.1, -0.05) is 72.3 Å². The number of fused-ring (bicyclic) bond motifs is 3. The van der Waals surface area contributed by atoms with Crippen molar-refractivity contribution in [1.82, 2.24) is 5.32 Å². The van der Waals surface area contributed by atoms with Crippen molar-refractivity contribution < 1.29 is 22.7 Å². The minimum absolute atomic E-state index is 0.0221. The van der Waals surface area contributed by atoms with Gasteiger partial charge in [0, 0.05) is 17.5 Å². The quantitative estimate of drug-likeness (QED) is 0.383. The van der Waals surface area contributed by atoms with Crippen molar-refractivity contribution in [2.45, 2.75) is 18.5 Å². The van der Waals surface area contributed by atoms with Gasteiger partial charge in [-0.25, -0.2) is 4.79 Å². The van der Waals surface area contributed by atoms with Crippen LogP contribution in [-0.2, 0) is 10.9 Å². The summed E-state index contributed by atoms with van der Waals surface area (Å²) in [6, 6.07) is 19.3. The largest absolute Gasteiger partial charge is 0.449 e. The molecule has 0 saturated carbocycles. The fraction of sp³-hybridized carbons (Fsp3) is 0.192. The number of carbonyl (C=O) groups is 1. The molecule has 3 aromatic carbocycles. The number of alkyl halides is 3. The van der Waals surface area contributed by atoms with Gasteiger partial charge in [-0.3, -0.25) is 0 Å². The van der Waals surface area contributed by atoms with Crippen LogP contribution in [0.5, 0.6) is 0 Å². The Kier molecular flexibility index (Phi) is 6.75. The number of amides is 1. The summed E-state index contributed by atoms with van der Waals surface area (Å²) in [5, 5.41) is 2.89. The van der Waals surface area contributed by atoms with E-state index in [1.165, 1.54) is 12.1 Å². The van der Waals surface area contributed by atoms with Crippen LogP contribution in [0.4, 0.5) is 18.0 Å². The number of rotatable bonds is 6. The van der Waals surface area contributed by atoms with Gasteiger partial charge in [0.2, 0.25) is 0 Å². The number of nitrogens with one attached hydrogen (secondary N) is 1. The molecule has 0 unspecified atom stereocenters. The molecular weight excluding hydrogens is 451 g/mol. The minimum atomic E-state index is -4.43. The molecule has 0 saturated heterocycles. The number of hydrogen-bond donors (Lipinski definition) is 1. The Morgan fingerprint density at radius 1 is 1.00 bits per heavy atom. The molecule has 1 amide bonds. The lowest BCUT2D eigenvalue weighted by Crippen LogP contribution is -2.26. The van der Waals surface area contributed by atoms with E-state index < -0.39 is 17.8 Å². The van der Waals surface area contributed by atoms with Gasteiger partial charge in [-0.05, 0) is 52.4 Å².